The maximum Gasteiger partial charge on any atom is 0.124 e. The highest BCUT2D eigenvalue weighted by atomic mass is 16.5. The highest BCUT2D eigenvalue weighted by Crippen LogP contribution is 2.50. The average molecular weight is 314 g/mol. The van der Waals surface area contributed by atoms with Gasteiger partial charge in [0.25, 0.3) is 0 Å². The maximum absolute atomic E-state index is 11.2. The second-order valence-electron chi connectivity index (χ2n) is 6.75. The number of benzene rings is 1. The van der Waals surface area contributed by atoms with Gasteiger partial charge in [-0.25, -0.2) is 0 Å². The molecule has 0 amide bonds. The lowest BCUT2D eigenvalue weighted by molar-refractivity contribution is -0.122. The number of aliphatic hydroxyl groups is 1. The molecule has 1 N–H and O–H groups in total. The van der Waals surface area contributed by atoms with Crippen LogP contribution in [0.25, 0.3) is 0 Å². The molecular weight excluding hydrogens is 288 g/mol. The first kappa shape index (κ1) is 16.3. The molecule has 1 aliphatic heterocycles. The van der Waals surface area contributed by atoms with E-state index in [1.54, 1.807) is 0 Å². The van der Waals surface area contributed by atoms with Crippen LogP contribution in [-0.4, -0.2) is 35.3 Å². The van der Waals surface area contributed by atoms with Crippen molar-refractivity contribution in [1.29, 1.82) is 5.26 Å². The van der Waals surface area contributed by atoms with Crippen LogP contribution >= 0.6 is 0 Å². The fraction of sp³-hybridized carbons (Fsp3) is 0.632. The second kappa shape index (κ2) is 6.90. The van der Waals surface area contributed by atoms with Gasteiger partial charge in [0.1, 0.15) is 5.75 Å². The summed E-state index contributed by atoms with van der Waals surface area (Å²) in [5, 5.41) is 20.4. The Morgan fingerprint density at radius 3 is 2.96 bits per heavy atom. The Morgan fingerprint density at radius 2 is 2.17 bits per heavy atom. The standard InChI is InChI=1S/C19H26N2O2/c1-2-23-17-9-4-3-7-15(17)18-16-8-5-6-10-19(16,22)11-13-21(18)14-12-20/h3-4,7,9,16,18,22H,2,5-6,8,10-11,13-14H2,1H3/t16-,18+,19+/m0/s1. The van der Waals surface area contributed by atoms with Gasteiger partial charge in [-0.1, -0.05) is 31.0 Å². The van der Waals surface area contributed by atoms with Gasteiger partial charge in [0, 0.05) is 24.1 Å². The molecule has 0 spiro atoms. The molecule has 1 aromatic rings. The number of ether oxygens (including phenoxy) is 1. The topological polar surface area (TPSA) is 56.5 Å². The van der Waals surface area contributed by atoms with Crippen LogP contribution in [0.2, 0.25) is 0 Å². The molecule has 1 saturated heterocycles. The lowest BCUT2D eigenvalue weighted by Gasteiger charge is -2.52. The molecule has 3 rings (SSSR count). The van der Waals surface area contributed by atoms with Crippen molar-refractivity contribution in [2.24, 2.45) is 5.92 Å². The molecule has 0 bridgehead atoms. The number of piperidine rings is 1. The molecule has 23 heavy (non-hydrogen) atoms. The smallest absolute Gasteiger partial charge is 0.124 e. The molecule has 1 saturated carbocycles. The lowest BCUT2D eigenvalue weighted by Crippen LogP contribution is -2.54. The van der Waals surface area contributed by atoms with Crippen molar-refractivity contribution in [2.75, 3.05) is 19.7 Å². The minimum Gasteiger partial charge on any atom is -0.494 e. The number of para-hydroxylation sites is 1. The first-order valence-corrected chi connectivity index (χ1v) is 8.74. The van der Waals surface area contributed by atoms with Gasteiger partial charge >= 0.3 is 0 Å². The average Bonchev–Trinajstić information content (AvgIpc) is 2.56. The normalized spacial score (nSPS) is 31.2. The maximum atomic E-state index is 11.2. The number of rotatable bonds is 4. The summed E-state index contributed by atoms with van der Waals surface area (Å²) in [6, 6.07) is 10.5. The van der Waals surface area contributed by atoms with Crippen molar-refractivity contribution >= 4 is 0 Å². The summed E-state index contributed by atoms with van der Waals surface area (Å²) in [7, 11) is 0. The van der Waals surface area contributed by atoms with E-state index < -0.39 is 5.60 Å². The number of nitriles is 1. The van der Waals surface area contributed by atoms with Gasteiger partial charge in [-0.05, 0) is 32.3 Å². The molecule has 3 atom stereocenters. The third kappa shape index (κ3) is 3.08. The van der Waals surface area contributed by atoms with Crippen molar-refractivity contribution < 1.29 is 9.84 Å². The van der Waals surface area contributed by atoms with Crippen LogP contribution in [-0.2, 0) is 0 Å². The molecule has 2 fully saturated rings. The molecule has 0 aromatic heterocycles. The number of hydrogen-bond donors (Lipinski definition) is 1. The van der Waals surface area contributed by atoms with Gasteiger partial charge in [0.2, 0.25) is 0 Å². The number of nitrogens with zero attached hydrogens (tertiary/aromatic N) is 2. The van der Waals surface area contributed by atoms with Crippen molar-refractivity contribution in [1.82, 2.24) is 4.90 Å². The minimum atomic E-state index is -0.589. The van der Waals surface area contributed by atoms with Crippen LogP contribution in [0.1, 0.15) is 50.6 Å². The van der Waals surface area contributed by atoms with Gasteiger partial charge in [-0.15, -0.1) is 0 Å². The number of fused-ring (bicyclic) bond motifs is 1. The van der Waals surface area contributed by atoms with E-state index in [1.165, 1.54) is 0 Å². The van der Waals surface area contributed by atoms with Crippen LogP contribution in [0, 0.1) is 17.2 Å². The Balaban J connectivity index is 2.01. The van der Waals surface area contributed by atoms with Crippen LogP contribution in [0.15, 0.2) is 24.3 Å². The SMILES string of the molecule is CCOc1ccccc1[C@@H]1[C@@H]2CCCC[C@@]2(O)CCN1CC#N. The molecule has 4 heteroatoms. The first-order valence-electron chi connectivity index (χ1n) is 8.74. The Morgan fingerprint density at radius 1 is 1.35 bits per heavy atom. The number of likely N-dealkylation sites (tertiary alicyclic amines) is 1. The van der Waals surface area contributed by atoms with Crippen LogP contribution in [0.3, 0.4) is 0 Å². The highest BCUT2D eigenvalue weighted by Gasteiger charge is 2.49. The van der Waals surface area contributed by atoms with Gasteiger partial charge < -0.3 is 9.84 Å². The second-order valence-corrected chi connectivity index (χ2v) is 6.75. The van der Waals surface area contributed by atoms with E-state index in [4.69, 9.17) is 4.74 Å². The molecule has 0 unspecified atom stereocenters. The summed E-state index contributed by atoms with van der Waals surface area (Å²) < 4.78 is 5.84. The monoisotopic (exact) mass is 314 g/mol. The van der Waals surface area contributed by atoms with E-state index in [-0.39, 0.29) is 12.0 Å². The molecule has 2 aliphatic rings. The summed E-state index contributed by atoms with van der Waals surface area (Å²) >= 11 is 0. The quantitative estimate of drug-likeness (QED) is 0.867. The zero-order valence-corrected chi connectivity index (χ0v) is 13.9. The predicted molar refractivity (Wildman–Crippen MR) is 89.1 cm³/mol. The molecular formula is C19H26N2O2. The van der Waals surface area contributed by atoms with Gasteiger partial charge in [0.15, 0.2) is 0 Å². The summed E-state index contributed by atoms with van der Waals surface area (Å²) in [5.41, 5.74) is 0.531. The Hall–Kier alpha value is -1.57. The Kier molecular flexibility index (Phi) is 4.89. The Bertz CT molecular complexity index is 583. The highest BCUT2D eigenvalue weighted by molar-refractivity contribution is 5.37. The largest absolute Gasteiger partial charge is 0.494 e. The van der Waals surface area contributed by atoms with Gasteiger partial charge in [-0.2, -0.15) is 5.26 Å². The molecule has 1 aliphatic carbocycles. The zero-order chi connectivity index (χ0) is 16.3. The fourth-order valence-electron chi connectivity index (χ4n) is 4.44. The first-order chi connectivity index (χ1) is 11.2. The molecule has 1 aromatic carbocycles. The van der Waals surface area contributed by atoms with Crippen LogP contribution in [0.4, 0.5) is 0 Å². The van der Waals surface area contributed by atoms with E-state index in [1.807, 2.05) is 25.1 Å². The third-order valence-electron chi connectivity index (χ3n) is 5.48. The van der Waals surface area contributed by atoms with E-state index in [0.29, 0.717) is 13.2 Å². The molecule has 1 heterocycles. The van der Waals surface area contributed by atoms with E-state index in [0.717, 1.165) is 50.0 Å². The zero-order valence-electron chi connectivity index (χ0n) is 13.9. The van der Waals surface area contributed by atoms with Gasteiger partial charge in [0.05, 0.1) is 24.8 Å². The summed E-state index contributed by atoms with van der Waals surface area (Å²) in [6.07, 6.45) is 4.92. The third-order valence-corrected chi connectivity index (χ3v) is 5.48. The van der Waals surface area contributed by atoms with Crippen LogP contribution < -0.4 is 4.74 Å². The summed E-state index contributed by atoms with van der Waals surface area (Å²) in [6.45, 7) is 3.78. The Labute approximate surface area is 138 Å². The van der Waals surface area contributed by atoms with Crippen molar-refractivity contribution in [3.63, 3.8) is 0 Å². The minimum absolute atomic E-state index is 0.0662. The van der Waals surface area contributed by atoms with Crippen LogP contribution in [0.5, 0.6) is 5.75 Å². The molecule has 0 radical (unpaired) electrons. The van der Waals surface area contributed by atoms with E-state index in [2.05, 4.69) is 17.0 Å². The van der Waals surface area contributed by atoms with Crippen molar-refractivity contribution in [2.45, 2.75) is 50.7 Å². The number of hydrogen-bond acceptors (Lipinski definition) is 4. The summed E-state index contributed by atoms with van der Waals surface area (Å²) in [4.78, 5) is 2.22. The molecule has 4 nitrogen and oxygen atoms in total. The fourth-order valence-corrected chi connectivity index (χ4v) is 4.44. The van der Waals surface area contributed by atoms with E-state index in [9.17, 15) is 10.4 Å². The van der Waals surface area contributed by atoms with Crippen molar-refractivity contribution in [3.8, 4) is 11.8 Å². The predicted octanol–water partition coefficient (Wildman–Crippen LogP) is 3.28. The molecule has 124 valence electrons. The van der Waals surface area contributed by atoms with E-state index >= 15 is 0 Å². The van der Waals surface area contributed by atoms with Gasteiger partial charge in [-0.3, -0.25) is 4.90 Å². The summed E-state index contributed by atoms with van der Waals surface area (Å²) in [5.74, 6) is 1.07. The van der Waals surface area contributed by atoms with Crippen molar-refractivity contribution in [3.05, 3.63) is 29.8 Å². The lowest BCUT2D eigenvalue weighted by atomic mass is 9.66.